The Labute approximate surface area is 146 Å². The maximum absolute atomic E-state index is 12.8. The van der Waals surface area contributed by atoms with Crippen LogP contribution in [0.2, 0.25) is 5.02 Å². The Morgan fingerprint density at radius 1 is 1.12 bits per heavy atom. The molecule has 0 saturated carbocycles. The predicted molar refractivity (Wildman–Crippen MR) is 94.3 cm³/mol. The van der Waals surface area contributed by atoms with Gasteiger partial charge in [0.25, 0.3) is 5.56 Å². The fourth-order valence-electron chi connectivity index (χ4n) is 2.76. The smallest absolute Gasteiger partial charge is 0.332 e. The van der Waals surface area contributed by atoms with Crippen molar-refractivity contribution in [3.63, 3.8) is 0 Å². The van der Waals surface area contributed by atoms with E-state index in [0.29, 0.717) is 5.02 Å². The molecular weight excluding hydrogens is 348 g/mol. The summed E-state index contributed by atoms with van der Waals surface area (Å²) in [5, 5.41) is 9.54. The molecule has 0 atom stereocenters. The zero-order valence-corrected chi connectivity index (χ0v) is 14.3. The van der Waals surface area contributed by atoms with Crippen molar-refractivity contribution < 1.29 is 5.11 Å². The third kappa shape index (κ3) is 3.06. The quantitative estimate of drug-likeness (QED) is 0.678. The van der Waals surface area contributed by atoms with Gasteiger partial charge in [0.1, 0.15) is 5.65 Å². The number of hydrogen-bond acceptors (Lipinski definition) is 4. The minimum absolute atomic E-state index is 0.0816. The number of rotatable bonds is 5. The van der Waals surface area contributed by atoms with Gasteiger partial charge in [0, 0.05) is 25.2 Å². The van der Waals surface area contributed by atoms with Crippen molar-refractivity contribution in [3.05, 3.63) is 66.2 Å². The number of imidazole rings is 1. The summed E-state index contributed by atoms with van der Waals surface area (Å²) in [6.45, 7) is 0.111. The van der Waals surface area contributed by atoms with E-state index in [1.165, 1.54) is 16.2 Å². The number of H-pyrrole nitrogens is 1. The number of aryl methyl sites for hydroxylation is 1. The second-order valence-electron chi connectivity index (χ2n) is 5.72. The summed E-state index contributed by atoms with van der Waals surface area (Å²) in [6.07, 6.45) is 0.270. The lowest BCUT2D eigenvalue weighted by molar-refractivity contribution is 0.277. The van der Waals surface area contributed by atoms with Crippen LogP contribution in [-0.4, -0.2) is 30.4 Å². The first-order valence-corrected chi connectivity index (χ1v) is 8.09. The van der Waals surface area contributed by atoms with Gasteiger partial charge in [-0.3, -0.25) is 23.5 Å². The first kappa shape index (κ1) is 17.2. The molecule has 0 saturated heterocycles. The van der Waals surface area contributed by atoms with Gasteiger partial charge in [-0.25, -0.2) is 9.59 Å². The van der Waals surface area contributed by atoms with E-state index in [-0.39, 0.29) is 37.3 Å². The fraction of sp³-hybridized carbons (Fsp3) is 0.312. The minimum atomic E-state index is -0.557. The molecule has 3 rings (SSSR count). The molecule has 0 aliphatic heterocycles. The summed E-state index contributed by atoms with van der Waals surface area (Å²) in [6, 6.07) is 6.93. The lowest BCUT2D eigenvalue weighted by Gasteiger charge is -2.09. The van der Waals surface area contributed by atoms with Gasteiger partial charge >= 0.3 is 11.4 Å². The molecule has 1 aromatic carbocycles. The predicted octanol–water partition coefficient (Wildman–Crippen LogP) is 0.274. The van der Waals surface area contributed by atoms with Crippen LogP contribution < -0.4 is 16.9 Å². The Bertz CT molecular complexity index is 1090. The molecule has 132 valence electrons. The Morgan fingerprint density at radius 3 is 2.44 bits per heavy atom. The summed E-state index contributed by atoms with van der Waals surface area (Å²) < 4.78 is 3.56. The highest BCUT2D eigenvalue weighted by Crippen LogP contribution is 2.11. The number of aliphatic hydroxyl groups excluding tert-OH is 1. The van der Waals surface area contributed by atoms with Gasteiger partial charge < -0.3 is 5.11 Å². The molecule has 0 aliphatic carbocycles. The topological polar surface area (TPSA) is 102 Å². The zero-order chi connectivity index (χ0) is 18.1. The van der Waals surface area contributed by atoms with Gasteiger partial charge in [0.15, 0.2) is 5.52 Å². The molecule has 0 radical (unpaired) electrons. The SMILES string of the molecule is Cn1c(=O)n(CCCO)c(=O)c2c1[nH]c(=O)n2Cc1ccc(Cl)cc1. The van der Waals surface area contributed by atoms with Crippen LogP contribution >= 0.6 is 11.6 Å². The van der Waals surface area contributed by atoms with Gasteiger partial charge in [-0.1, -0.05) is 23.7 Å². The summed E-state index contributed by atoms with van der Waals surface area (Å²) in [5.41, 5.74) is -0.474. The van der Waals surface area contributed by atoms with E-state index in [2.05, 4.69) is 4.98 Å². The van der Waals surface area contributed by atoms with Gasteiger partial charge in [-0.2, -0.15) is 0 Å². The number of benzene rings is 1. The number of aromatic nitrogens is 4. The number of nitrogens with one attached hydrogen (secondary N) is 1. The second kappa shape index (κ2) is 6.73. The fourth-order valence-corrected chi connectivity index (χ4v) is 2.88. The monoisotopic (exact) mass is 364 g/mol. The van der Waals surface area contributed by atoms with E-state index < -0.39 is 16.9 Å². The highest BCUT2D eigenvalue weighted by atomic mass is 35.5. The zero-order valence-electron chi connectivity index (χ0n) is 13.5. The molecule has 9 heteroatoms. The normalized spacial score (nSPS) is 11.3. The molecule has 3 aromatic rings. The van der Waals surface area contributed by atoms with E-state index in [0.717, 1.165) is 10.1 Å². The average Bonchev–Trinajstić information content (AvgIpc) is 2.92. The minimum Gasteiger partial charge on any atom is -0.396 e. The molecule has 8 nitrogen and oxygen atoms in total. The highest BCUT2D eigenvalue weighted by molar-refractivity contribution is 6.30. The molecule has 0 bridgehead atoms. The Morgan fingerprint density at radius 2 is 1.80 bits per heavy atom. The lowest BCUT2D eigenvalue weighted by atomic mass is 10.2. The summed E-state index contributed by atoms with van der Waals surface area (Å²) >= 11 is 5.87. The first-order valence-electron chi connectivity index (χ1n) is 7.71. The van der Waals surface area contributed by atoms with Gasteiger partial charge in [-0.05, 0) is 24.1 Å². The van der Waals surface area contributed by atoms with E-state index in [9.17, 15) is 14.4 Å². The number of hydrogen-bond donors (Lipinski definition) is 2. The summed E-state index contributed by atoms with van der Waals surface area (Å²) in [4.78, 5) is 40.0. The Kier molecular flexibility index (Phi) is 4.65. The molecule has 2 heterocycles. The number of aromatic amines is 1. The molecule has 0 amide bonds. The van der Waals surface area contributed by atoms with E-state index >= 15 is 0 Å². The lowest BCUT2D eigenvalue weighted by Crippen LogP contribution is -2.40. The van der Waals surface area contributed by atoms with Crippen LogP contribution in [0.1, 0.15) is 12.0 Å². The maximum Gasteiger partial charge on any atom is 0.332 e. The highest BCUT2D eigenvalue weighted by Gasteiger charge is 2.18. The van der Waals surface area contributed by atoms with Crippen molar-refractivity contribution in [1.29, 1.82) is 0 Å². The number of aliphatic hydroxyl groups is 1. The third-order valence-corrected chi connectivity index (χ3v) is 4.31. The van der Waals surface area contributed by atoms with Crippen LogP contribution in [-0.2, 0) is 20.1 Å². The second-order valence-corrected chi connectivity index (χ2v) is 6.15. The van der Waals surface area contributed by atoms with Crippen molar-refractivity contribution in [1.82, 2.24) is 18.7 Å². The molecule has 0 spiro atoms. The Hall–Kier alpha value is -2.58. The standard InChI is InChI=1S/C16H17ClN4O4/c1-19-13-12(14(23)20(16(19)25)7-2-8-22)21(15(24)18-13)9-10-3-5-11(17)6-4-10/h3-6,22H,2,7-9H2,1H3,(H,18,24). The molecule has 25 heavy (non-hydrogen) atoms. The molecular formula is C16H17ClN4O4. The average molecular weight is 365 g/mol. The van der Waals surface area contributed by atoms with Gasteiger partial charge in [0.2, 0.25) is 0 Å². The van der Waals surface area contributed by atoms with E-state index in [4.69, 9.17) is 16.7 Å². The number of fused-ring (bicyclic) bond motifs is 1. The van der Waals surface area contributed by atoms with Crippen LogP contribution in [0.4, 0.5) is 0 Å². The van der Waals surface area contributed by atoms with Gasteiger partial charge in [0.05, 0.1) is 6.54 Å². The van der Waals surface area contributed by atoms with E-state index in [1.54, 1.807) is 24.3 Å². The first-order chi connectivity index (χ1) is 11.9. The molecule has 0 fully saturated rings. The number of halogens is 1. The maximum atomic E-state index is 12.8. The van der Waals surface area contributed by atoms with Crippen molar-refractivity contribution in [2.75, 3.05) is 6.61 Å². The Balaban J connectivity index is 2.22. The molecule has 0 aliphatic rings. The van der Waals surface area contributed by atoms with Crippen molar-refractivity contribution in [2.24, 2.45) is 7.05 Å². The van der Waals surface area contributed by atoms with Crippen molar-refractivity contribution in [3.8, 4) is 0 Å². The summed E-state index contributed by atoms with van der Waals surface area (Å²) in [7, 11) is 1.49. The molecule has 2 aromatic heterocycles. The molecule has 2 N–H and O–H groups in total. The van der Waals surface area contributed by atoms with Crippen LogP contribution in [0.5, 0.6) is 0 Å². The third-order valence-electron chi connectivity index (χ3n) is 4.06. The number of nitrogens with zero attached hydrogens (tertiary/aromatic N) is 3. The van der Waals surface area contributed by atoms with Crippen LogP contribution in [0.3, 0.4) is 0 Å². The largest absolute Gasteiger partial charge is 0.396 e. The van der Waals surface area contributed by atoms with Crippen LogP contribution in [0.25, 0.3) is 11.2 Å². The van der Waals surface area contributed by atoms with E-state index in [1.807, 2.05) is 0 Å². The van der Waals surface area contributed by atoms with Crippen LogP contribution in [0.15, 0.2) is 38.6 Å². The summed E-state index contributed by atoms with van der Waals surface area (Å²) in [5.74, 6) is 0. The van der Waals surface area contributed by atoms with Crippen molar-refractivity contribution >= 4 is 22.8 Å². The molecule has 0 unspecified atom stereocenters. The van der Waals surface area contributed by atoms with Crippen LogP contribution in [0, 0.1) is 0 Å². The van der Waals surface area contributed by atoms with Gasteiger partial charge in [-0.15, -0.1) is 0 Å². The van der Waals surface area contributed by atoms with Crippen molar-refractivity contribution in [2.45, 2.75) is 19.5 Å².